The van der Waals surface area contributed by atoms with Gasteiger partial charge in [-0.25, -0.2) is 0 Å². The van der Waals surface area contributed by atoms with Crippen LogP contribution in [0.2, 0.25) is 9.20 Å². The predicted molar refractivity (Wildman–Crippen MR) is 111 cm³/mol. The molecule has 10 heteroatoms. The first kappa shape index (κ1) is 22.8. The van der Waals surface area contributed by atoms with Crippen molar-refractivity contribution >= 4 is 50.8 Å². The van der Waals surface area contributed by atoms with Crippen LogP contribution >= 0.6 is 11.6 Å². The van der Waals surface area contributed by atoms with E-state index in [9.17, 15) is 18.8 Å². The van der Waals surface area contributed by atoms with Crippen LogP contribution in [-0.4, -0.2) is 57.9 Å². The monoisotopic (exact) mass is 537 g/mol. The van der Waals surface area contributed by atoms with Crippen LogP contribution < -0.4 is 16.4 Å². The van der Waals surface area contributed by atoms with Crippen molar-refractivity contribution in [1.29, 1.82) is 0 Å². The van der Waals surface area contributed by atoms with Gasteiger partial charge in [0.2, 0.25) is 0 Å². The van der Waals surface area contributed by atoms with Crippen LogP contribution in [0.4, 0.5) is 4.39 Å². The van der Waals surface area contributed by atoms with E-state index in [0.717, 1.165) is 0 Å². The minimum absolute atomic E-state index is 0.00363. The van der Waals surface area contributed by atoms with Gasteiger partial charge in [0.25, 0.3) is 0 Å². The van der Waals surface area contributed by atoms with E-state index in [0.29, 0.717) is 28.3 Å². The topological polar surface area (TPSA) is 111 Å². The molecule has 2 aliphatic heterocycles. The molecule has 1 aromatic rings. The zero-order chi connectivity index (χ0) is 21.7. The van der Waals surface area contributed by atoms with Crippen molar-refractivity contribution in [3.05, 3.63) is 53.9 Å². The van der Waals surface area contributed by atoms with Crippen molar-refractivity contribution in [1.82, 2.24) is 10.6 Å². The quantitative estimate of drug-likeness (QED) is 0.465. The number of hydrogen-bond acceptors (Lipinski definition) is 4. The molecule has 0 saturated carbocycles. The molecule has 2 atom stereocenters. The van der Waals surface area contributed by atoms with E-state index in [1.807, 2.05) is 7.67 Å². The van der Waals surface area contributed by atoms with Gasteiger partial charge >= 0.3 is 169 Å². The molecule has 0 aromatic heterocycles. The van der Waals surface area contributed by atoms with Gasteiger partial charge in [-0.15, -0.1) is 0 Å². The third kappa shape index (κ3) is 6.09. The molecular weight excluding hydrogens is 516 g/mol. The van der Waals surface area contributed by atoms with Gasteiger partial charge in [0, 0.05) is 0 Å². The molecule has 3 amide bonds. The van der Waals surface area contributed by atoms with Crippen LogP contribution in [-0.2, 0) is 25.7 Å². The number of ether oxygens (including phenoxy) is 1. The fraction of sp³-hybridized carbons (Fsp3) is 0.350. The van der Waals surface area contributed by atoms with Gasteiger partial charge in [-0.1, -0.05) is 11.6 Å². The molecule has 3 rings (SSSR count). The molecule has 30 heavy (non-hydrogen) atoms. The van der Waals surface area contributed by atoms with Crippen LogP contribution in [0.25, 0.3) is 0 Å². The Bertz CT molecular complexity index is 908. The molecular formula is C20H22ClFInN3O4. The Kier molecular flexibility index (Phi) is 7.96. The number of nitrogens with two attached hydrogens (primary N) is 1. The Morgan fingerprint density at radius 1 is 1.30 bits per heavy atom. The first-order chi connectivity index (χ1) is 14.3. The van der Waals surface area contributed by atoms with Crippen LogP contribution in [0.3, 0.4) is 0 Å². The second-order valence-corrected chi connectivity index (χ2v) is 14.7. The number of benzene rings is 1. The fourth-order valence-corrected chi connectivity index (χ4v) is 9.68. The summed E-state index contributed by atoms with van der Waals surface area (Å²) in [4.78, 5) is 35.9. The van der Waals surface area contributed by atoms with Gasteiger partial charge in [0.15, 0.2) is 0 Å². The first-order valence-corrected chi connectivity index (χ1v) is 16.1. The van der Waals surface area contributed by atoms with Crippen LogP contribution in [0.1, 0.15) is 18.4 Å². The Balaban J connectivity index is 1.46. The Labute approximate surface area is 186 Å². The van der Waals surface area contributed by atoms with Gasteiger partial charge in [0.1, 0.15) is 0 Å². The number of halogens is 2. The summed E-state index contributed by atoms with van der Waals surface area (Å²) in [7, 11) is 0. The normalized spacial score (nSPS) is 20.2. The molecule has 0 aliphatic carbocycles. The fourth-order valence-electron chi connectivity index (χ4n) is 3.49. The summed E-state index contributed by atoms with van der Waals surface area (Å²) < 4.78 is 23.7. The van der Waals surface area contributed by atoms with Gasteiger partial charge < -0.3 is 0 Å². The molecule has 4 N–H and O–H groups in total. The van der Waals surface area contributed by atoms with E-state index in [4.69, 9.17) is 22.1 Å². The average Bonchev–Trinajstić information content (AvgIpc) is 3.33. The first-order valence-electron chi connectivity index (χ1n) is 9.64. The van der Waals surface area contributed by atoms with E-state index < -0.39 is 39.3 Å². The Morgan fingerprint density at radius 3 is 2.83 bits per heavy atom. The van der Waals surface area contributed by atoms with Crippen LogP contribution in [0, 0.1) is 5.82 Å². The maximum atomic E-state index is 13.9. The van der Waals surface area contributed by atoms with Crippen molar-refractivity contribution in [3.8, 4) is 0 Å². The number of nitrogens with one attached hydrogen (secondary N) is 2. The van der Waals surface area contributed by atoms with E-state index in [1.165, 1.54) is 6.07 Å². The van der Waals surface area contributed by atoms with E-state index in [-0.39, 0.29) is 35.8 Å². The number of primary amides is 1. The summed E-state index contributed by atoms with van der Waals surface area (Å²) in [6.07, 6.45) is 1.94. The number of amides is 3. The summed E-state index contributed by atoms with van der Waals surface area (Å²) in [5.74, 6) is -1.43. The molecule has 1 aromatic carbocycles. The number of carbonyl (C=O) groups excluding carboxylic acids is 3. The van der Waals surface area contributed by atoms with Gasteiger partial charge in [-0.3, -0.25) is 0 Å². The van der Waals surface area contributed by atoms with Crippen LogP contribution in [0.5, 0.6) is 0 Å². The molecule has 2 unspecified atom stereocenters. The molecule has 0 spiro atoms. The summed E-state index contributed by atoms with van der Waals surface area (Å²) in [6, 6.07) is 4.35. The van der Waals surface area contributed by atoms with Crippen molar-refractivity contribution in [3.63, 3.8) is 0 Å². The molecule has 0 radical (unpaired) electrons. The summed E-state index contributed by atoms with van der Waals surface area (Å²) in [5, 5.41) is 5.61. The molecule has 7 nitrogen and oxygen atoms in total. The van der Waals surface area contributed by atoms with Gasteiger partial charge in [0.05, 0.1) is 0 Å². The van der Waals surface area contributed by atoms with E-state index >= 15 is 0 Å². The summed E-state index contributed by atoms with van der Waals surface area (Å²) >= 11 is 3.36. The number of carbonyl (C=O) groups is 3. The molecule has 2 aliphatic rings. The molecule has 2 heterocycles. The maximum absolute atomic E-state index is 13.9. The third-order valence-corrected chi connectivity index (χ3v) is 12.0. The second kappa shape index (κ2) is 10.5. The van der Waals surface area contributed by atoms with Gasteiger partial charge in [-0.05, 0) is 6.07 Å². The number of rotatable bonds is 8. The Morgan fingerprint density at radius 2 is 2.10 bits per heavy atom. The van der Waals surface area contributed by atoms with Crippen molar-refractivity contribution in [2.45, 2.75) is 35.7 Å². The summed E-state index contributed by atoms with van der Waals surface area (Å²) in [6.45, 7) is 0.468. The minimum atomic E-state index is -2.38. The third-order valence-electron chi connectivity index (χ3n) is 5.07. The average molecular weight is 538 g/mol. The molecule has 0 bridgehead atoms. The standard InChI is InChI=1S/C15H17ClFN2O3.C5H5NO.In/c1-9(20)19-12-5-6-22-13(12)7-14(21)18-8-10-3-2-4-11(16)15(10)17;1-3-4(2)5(6)7;/h2-4,12-13H,1,5-8H2,(H,18,21)(H,19,20);1-3H,(H2,6,7);. The number of hydrogen-bond donors (Lipinski definition) is 3. The zero-order valence-corrected chi connectivity index (χ0v) is 20.2. The van der Waals surface area contributed by atoms with Gasteiger partial charge in [-0.2, -0.15) is 0 Å². The molecule has 1 saturated heterocycles. The van der Waals surface area contributed by atoms with Crippen LogP contribution in [0.15, 0.2) is 37.5 Å². The predicted octanol–water partition coefficient (Wildman–Crippen LogP) is 1.31. The Hall–Kier alpha value is -1.84. The van der Waals surface area contributed by atoms with Crippen molar-refractivity contribution < 1.29 is 23.5 Å². The van der Waals surface area contributed by atoms with E-state index in [2.05, 4.69) is 10.6 Å². The summed E-state index contributed by atoms with van der Waals surface area (Å²) in [5.41, 5.74) is 6.04. The second-order valence-electron chi connectivity index (χ2n) is 7.28. The van der Waals surface area contributed by atoms with Crippen molar-refractivity contribution in [2.24, 2.45) is 5.73 Å². The van der Waals surface area contributed by atoms with Crippen molar-refractivity contribution in [2.75, 3.05) is 6.61 Å². The zero-order valence-electron chi connectivity index (χ0n) is 16.2. The molecule has 1 fully saturated rings. The molecule has 158 valence electrons. The van der Waals surface area contributed by atoms with E-state index in [1.54, 1.807) is 18.2 Å². The SMILES string of the molecule is NC(=O)C1=[CH][In]([CH2]C(=O)NC2CCOC2CC(=O)NCc2cccc(Cl)c2F)[CH]=C1.